The second-order valence-electron chi connectivity index (χ2n) is 9.73. The second-order valence-corrected chi connectivity index (χ2v) is 12.4. The fraction of sp³-hybridized carbons (Fsp3) is 0.269. The number of aromatic nitrogens is 3. The van der Waals surface area contributed by atoms with Gasteiger partial charge in [0, 0.05) is 34.9 Å². The molecule has 6 rings (SSSR count). The molecule has 184 valence electrons. The van der Waals surface area contributed by atoms with Crippen LogP contribution in [0.25, 0.3) is 22.3 Å². The van der Waals surface area contributed by atoms with Crippen molar-refractivity contribution in [2.45, 2.75) is 23.8 Å². The first-order valence-corrected chi connectivity index (χ1v) is 13.8. The molecule has 0 unspecified atom stereocenters. The van der Waals surface area contributed by atoms with Crippen LogP contribution in [0.4, 0.5) is 0 Å². The molecule has 0 saturated carbocycles. The van der Waals surface area contributed by atoms with Gasteiger partial charge in [0.2, 0.25) is 9.84 Å². The molecule has 36 heavy (non-hydrogen) atoms. The number of rotatable bonds is 4. The van der Waals surface area contributed by atoms with Crippen LogP contribution in [0.5, 0.6) is 0 Å². The Kier molecular flexibility index (Phi) is 5.33. The van der Waals surface area contributed by atoms with Crippen molar-refractivity contribution in [2.24, 2.45) is 5.41 Å². The molecule has 4 aromatic rings. The normalized spacial score (nSPS) is 16.7. The van der Waals surface area contributed by atoms with E-state index >= 15 is 0 Å². The molecule has 0 bridgehead atoms. The molecule has 8 nitrogen and oxygen atoms in total. The van der Waals surface area contributed by atoms with Crippen LogP contribution in [0, 0.1) is 19.3 Å². The number of fused-ring (bicyclic) bond motifs is 1. The number of aryl methyl sites for hydroxylation is 2. The quantitative estimate of drug-likeness (QED) is 0.394. The fourth-order valence-electron chi connectivity index (χ4n) is 4.88. The number of carbonyl (C=O) groups excluding carboxylic acids is 1. The maximum Gasteiger partial charge on any atom is 0.254 e. The van der Waals surface area contributed by atoms with Crippen molar-refractivity contribution in [2.75, 3.05) is 26.3 Å². The van der Waals surface area contributed by atoms with Gasteiger partial charge in [-0.3, -0.25) is 4.79 Å². The minimum atomic E-state index is -3.89. The maximum absolute atomic E-state index is 13.4. The number of H-pyrrole nitrogens is 1. The highest BCUT2D eigenvalue weighted by atomic mass is 79.9. The average molecular weight is 567 g/mol. The van der Waals surface area contributed by atoms with E-state index in [1.54, 1.807) is 18.3 Å². The number of ether oxygens (including phenoxy) is 1. The first-order chi connectivity index (χ1) is 17.2. The Hall–Kier alpha value is -3.08. The van der Waals surface area contributed by atoms with Crippen molar-refractivity contribution in [3.63, 3.8) is 0 Å². The van der Waals surface area contributed by atoms with E-state index in [1.807, 2.05) is 43.0 Å². The third-order valence-corrected chi connectivity index (χ3v) is 9.55. The Morgan fingerprint density at radius 1 is 1.14 bits per heavy atom. The zero-order valence-corrected chi connectivity index (χ0v) is 22.1. The van der Waals surface area contributed by atoms with Crippen molar-refractivity contribution < 1.29 is 17.9 Å². The lowest BCUT2D eigenvalue weighted by atomic mass is 9.77. The van der Waals surface area contributed by atoms with Crippen molar-refractivity contribution in [3.05, 3.63) is 70.0 Å². The van der Waals surface area contributed by atoms with Gasteiger partial charge in [0.15, 0.2) is 10.7 Å². The molecule has 2 aliphatic heterocycles. The molecular weight excluding hydrogens is 544 g/mol. The number of nitrogens with one attached hydrogen (secondary N) is 1. The molecule has 1 amide bonds. The Balaban J connectivity index is 1.34. The van der Waals surface area contributed by atoms with Crippen LogP contribution in [0.3, 0.4) is 0 Å². The lowest BCUT2D eigenvalue weighted by molar-refractivity contribution is -0.176. The summed E-state index contributed by atoms with van der Waals surface area (Å²) >= 11 is 3.35. The number of aromatic amines is 1. The van der Waals surface area contributed by atoms with Crippen LogP contribution in [0.15, 0.2) is 63.2 Å². The summed E-state index contributed by atoms with van der Waals surface area (Å²) in [5.41, 5.74) is 4.97. The smallest absolute Gasteiger partial charge is 0.254 e. The molecule has 0 radical (unpaired) electrons. The average Bonchev–Trinajstić information content (AvgIpc) is 3.22. The lowest BCUT2D eigenvalue weighted by Crippen LogP contribution is -2.67. The van der Waals surface area contributed by atoms with Gasteiger partial charge in [-0.1, -0.05) is 18.2 Å². The van der Waals surface area contributed by atoms with Crippen LogP contribution in [0.1, 0.15) is 21.5 Å². The van der Waals surface area contributed by atoms with Gasteiger partial charge in [-0.25, -0.2) is 18.4 Å². The van der Waals surface area contributed by atoms with Crippen molar-refractivity contribution >= 4 is 42.8 Å². The van der Waals surface area contributed by atoms with Crippen LogP contribution >= 0.6 is 15.9 Å². The van der Waals surface area contributed by atoms with Crippen molar-refractivity contribution in [1.82, 2.24) is 19.9 Å². The second kappa shape index (κ2) is 8.22. The minimum absolute atomic E-state index is 0.0207. The van der Waals surface area contributed by atoms with Gasteiger partial charge in [0.1, 0.15) is 5.52 Å². The predicted octanol–water partition coefficient (Wildman–Crippen LogP) is 4.31. The molecule has 0 atom stereocenters. The molecule has 1 N–H and O–H groups in total. The van der Waals surface area contributed by atoms with Gasteiger partial charge in [0.05, 0.1) is 29.7 Å². The molecule has 0 aliphatic carbocycles. The van der Waals surface area contributed by atoms with Gasteiger partial charge in [0.25, 0.3) is 5.91 Å². The van der Waals surface area contributed by atoms with Crippen LogP contribution in [-0.2, 0) is 14.6 Å². The van der Waals surface area contributed by atoms with E-state index in [9.17, 15) is 13.2 Å². The van der Waals surface area contributed by atoms with Crippen LogP contribution in [-0.4, -0.2) is 60.5 Å². The Labute approximate surface area is 216 Å². The number of nitrogens with zero attached hydrogens (tertiary/aromatic N) is 3. The number of hydrogen-bond donors (Lipinski definition) is 1. The summed E-state index contributed by atoms with van der Waals surface area (Å²) in [6.45, 7) is 6.68. The lowest BCUT2D eigenvalue weighted by Gasteiger charge is -2.55. The SMILES string of the molecule is Cc1ccc(Br)c(S(=O)(=O)c2cnc3[nH]cc(-c4ccc(C(=O)N5CC6(COC6)C5)c(C)c4)c3n2)c1. The van der Waals surface area contributed by atoms with Crippen LogP contribution < -0.4 is 0 Å². The Bertz CT molecular complexity index is 1650. The molecule has 10 heteroatoms. The predicted molar refractivity (Wildman–Crippen MR) is 138 cm³/mol. The van der Waals surface area contributed by atoms with Gasteiger partial charge in [-0.15, -0.1) is 0 Å². The van der Waals surface area contributed by atoms with E-state index in [0.29, 0.717) is 21.2 Å². The third kappa shape index (κ3) is 3.66. The van der Waals surface area contributed by atoms with Gasteiger partial charge >= 0.3 is 0 Å². The number of hydrogen-bond acceptors (Lipinski definition) is 6. The number of carbonyl (C=O) groups is 1. The van der Waals surface area contributed by atoms with Crippen LogP contribution in [0.2, 0.25) is 0 Å². The summed E-state index contributed by atoms with van der Waals surface area (Å²) in [5, 5.41) is -0.127. The highest BCUT2D eigenvalue weighted by Crippen LogP contribution is 2.39. The number of likely N-dealkylation sites (tertiary alicyclic amines) is 1. The summed E-state index contributed by atoms with van der Waals surface area (Å²) in [7, 11) is -3.89. The monoisotopic (exact) mass is 566 g/mol. The first-order valence-electron chi connectivity index (χ1n) is 11.5. The fourth-order valence-corrected chi connectivity index (χ4v) is 7.06. The Morgan fingerprint density at radius 2 is 1.92 bits per heavy atom. The Morgan fingerprint density at radius 3 is 2.61 bits per heavy atom. The minimum Gasteiger partial charge on any atom is -0.380 e. The van der Waals surface area contributed by atoms with E-state index in [1.165, 1.54) is 6.20 Å². The van der Waals surface area contributed by atoms with E-state index < -0.39 is 9.84 Å². The largest absolute Gasteiger partial charge is 0.380 e. The molecule has 4 heterocycles. The van der Waals surface area contributed by atoms with Gasteiger partial charge in [-0.2, -0.15) is 0 Å². The number of halogens is 1. The van der Waals surface area contributed by atoms with E-state index in [0.717, 1.165) is 48.6 Å². The van der Waals surface area contributed by atoms with Crippen molar-refractivity contribution in [3.8, 4) is 11.1 Å². The molecule has 2 aliphatic rings. The first kappa shape index (κ1) is 23.3. The molecule has 2 aromatic heterocycles. The third-order valence-electron chi connectivity index (χ3n) is 6.93. The highest BCUT2D eigenvalue weighted by Gasteiger charge is 2.50. The number of sulfone groups is 1. The maximum atomic E-state index is 13.4. The molecule has 2 aromatic carbocycles. The highest BCUT2D eigenvalue weighted by molar-refractivity contribution is 9.10. The summed E-state index contributed by atoms with van der Waals surface area (Å²) in [4.78, 5) is 26.9. The van der Waals surface area contributed by atoms with Gasteiger partial charge in [-0.05, 0) is 64.7 Å². The van der Waals surface area contributed by atoms with Gasteiger partial charge < -0.3 is 14.6 Å². The summed E-state index contributed by atoms with van der Waals surface area (Å²) in [5.74, 6) is 0.0207. The van der Waals surface area contributed by atoms with E-state index in [-0.39, 0.29) is 21.2 Å². The summed E-state index contributed by atoms with van der Waals surface area (Å²) in [6, 6.07) is 10.8. The van der Waals surface area contributed by atoms with E-state index in [4.69, 9.17) is 4.74 Å². The summed E-state index contributed by atoms with van der Waals surface area (Å²) < 4.78 is 32.5. The standard InChI is InChI=1S/C26H23BrN4O4S/c1-15-3-6-20(27)21(7-15)36(33,34)22-10-29-24-23(30-22)19(9-28-24)17-4-5-18(16(2)8-17)25(32)31-11-26(12-31)13-35-14-26/h3-10H,11-14H2,1-2H3,(H,28,29). The molecule has 2 saturated heterocycles. The molecular formula is C26H23BrN4O4S. The molecule has 1 spiro atoms. The summed E-state index contributed by atoms with van der Waals surface area (Å²) in [6.07, 6.45) is 3.03. The van der Waals surface area contributed by atoms with Crippen molar-refractivity contribution in [1.29, 1.82) is 0 Å². The van der Waals surface area contributed by atoms with E-state index in [2.05, 4.69) is 30.9 Å². The molecule has 2 fully saturated rings. The number of benzene rings is 2. The zero-order valence-electron chi connectivity index (χ0n) is 19.7. The topological polar surface area (TPSA) is 105 Å². The zero-order chi connectivity index (χ0) is 25.2. The number of amides is 1.